The summed E-state index contributed by atoms with van der Waals surface area (Å²) < 4.78 is 0. The first-order valence-corrected chi connectivity index (χ1v) is 3.11. The molecule has 1 heterocycles. The highest BCUT2D eigenvalue weighted by atomic mass is 16.7. The van der Waals surface area contributed by atoms with Gasteiger partial charge >= 0.3 is 0 Å². The number of hydrogen-bond donors (Lipinski definition) is 2. The second kappa shape index (κ2) is 2.70. The van der Waals surface area contributed by atoms with Crippen molar-refractivity contribution in [1.29, 1.82) is 0 Å². The molecule has 3 N–H and O–H groups in total. The summed E-state index contributed by atoms with van der Waals surface area (Å²) >= 11 is 0. The number of hydroxylamine groups is 1. The van der Waals surface area contributed by atoms with Crippen molar-refractivity contribution in [2.75, 3.05) is 6.54 Å². The third-order valence-corrected chi connectivity index (χ3v) is 1.43. The monoisotopic (exact) mass is 142 g/mol. The van der Waals surface area contributed by atoms with E-state index in [9.17, 15) is 4.79 Å². The van der Waals surface area contributed by atoms with E-state index >= 15 is 0 Å². The third-order valence-electron chi connectivity index (χ3n) is 1.43. The quantitative estimate of drug-likeness (QED) is 0.547. The van der Waals surface area contributed by atoms with Gasteiger partial charge in [-0.25, -0.2) is 0 Å². The van der Waals surface area contributed by atoms with Gasteiger partial charge in [0.15, 0.2) is 0 Å². The highest BCUT2D eigenvalue weighted by molar-refractivity contribution is 5.78. The Morgan fingerprint density at radius 1 is 2.00 bits per heavy atom. The van der Waals surface area contributed by atoms with E-state index in [2.05, 4.69) is 5.48 Å². The summed E-state index contributed by atoms with van der Waals surface area (Å²) in [6.45, 7) is 2.36. The molecule has 0 aromatic heterocycles. The third kappa shape index (κ3) is 1.27. The maximum Gasteiger partial charge on any atom is 0.227 e. The minimum atomic E-state index is -0.366. The molecule has 0 spiro atoms. The number of hydrogen-bond acceptors (Lipinski definition) is 3. The van der Waals surface area contributed by atoms with Gasteiger partial charge in [-0.2, -0.15) is 5.48 Å². The van der Waals surface area contributed by atoms with Crippen molar-refractivity contribution in [2.24, 2.45) is 11.7 Å². The first kappa shape index (κ1) is 7.08. The first-order chi connectivity index (χ1) is 4.72. The summed E-state index contributed by atoms with van der Waals surface area (Å²) in [7, 11) is 0. The van der Waals surface area contributed by atoms with Gasteiger partial charge in [0, 0.05) is 0 Å². The van der Waals surface area contributed by atoms with Gasteiger partial charge < -0.3 is 10.6 Å². The van der Waals surface area contributed by atoms with Crippen LogP contribution in [0.4, 0.5) is 0 Å². The lowest BCUT2D eigenvalue weighted by atomic mass is 10.1. The van der Waals surface area contributed by atoms with Crippen molar-refractivity contribution in [3.8, 4) is 0 Å². The van der Waals surface area contributed by atoms with Crippen LogP contribution in [-0.2, 0) is 9.63 Å². The summed E-state index contributed by atoms with van der Waals surface area (Å²) in [4.78, 5) is 15.4. The van der Waals surface area contributed by atoms with Gasteiger partial charge in [0.25, 0.3) is 0 Å². The maximum atomic E-state index is 10.6. The van der Waals surface area contributed by atoms with E-state index < -0.39 is 0 Å². The van der Waals surface area contributed by atoms with Crippen LogP contribution in [0.5, 0.6) is 0 Å². The average molecular weight is 142 g/mol. The molecule has 1 rings (SSSR count). The van der Waals surface area contributed by atoms with E-state index in [4.69, 9.17) is 10.6 Å². The fourth-order valence-corrected chi connectivity index (χ4v) is 0.714. The molecule has 1 amide bonds. The van der Waals surface area contributed by atoms with Crippen molar-refractivity contribution < 1.29 is 9.63 Å². The van der Waals surface area contributed by atoms with E-state index in [1.807, 2.05) is 0 Å². The molecule has 0 aromatic rings. The summed E-state index contributed by atoms with van der Waals surface area (Å²) in [5.41, 5.74) is 7.64. The predicted molar refractivity (Wildman–Crippen MR) is 35.5 cm³/mol. The van der Waals surface area contributed by atoms with E-state index in [1.54, 1.807) is 13.0 Å². The maximum absolute atomic E-state index is 10.6. The van der Waals surface area contributed by atoms with Crippen LogP contribution in [0.15, 0.2) is 11.8 Å². The zero-order valence-electron chi connectivity index (χ0n) is 5.76. The normalized spacial score (nSPS) is 19.5. The molecule has 1 unspecified atom stereocenters. The van der Waals surface area contributed by atoms with Crippen LogP contribution in [0.25, 0.3) is 0 Å². The smallest absolute Gasteiger partial charge is 0.227 e. The fraction of sp³-hybridized carbons (Fsp3) is 0.500. The van der Waals surface area contributed by atoms with Crippen molar-refractivity contribution in [3.63, 3.8) is 0 Å². The molecule has 0 fully saturated rings. The average Bonchev–Trinajstić information content (AvgIpc) is 2.36. The highest BCUT2D eigenvalue weighted by Crippen LogP contribution is 2.12. The largest absolute Gasteiger partial charge is 0.412 e. The van der Waals surface area contributed by atoms with Gasteiger partial charge in [-0.15, -0.1) is 0 Å². The van der Waals surface area contributed by atoms with E-state index in [0.717, 1.165) is 0 Å². The van der Waals surface area contributed by atoms with Crippen LogP contribution in [-0.4, -0.2) is 12.5 Å². The summed E-state index contributed by atoms with van der Waals surface area (Å²) in [5, 5.41) is 0. The molecule has 1 aliphatic rings. The number of carbonyl (C=O) groups excluding carboxylic acids is 1. The lowest BCUT2D eigenvalue weighted by molar-refractivity contribution is -0.121. The Kier molecular flexibility index (Phi) is 1.91. The Morgan fingerprint density at radius 3 is 3.10 bits per heavy atom. The zero-order chi connectivity index (χ0) is 7.56. The molecule has 0 aliphatic carbocycles. The molecular weight excluding hydrogens is 132 g/mol. The number of nitrogens with one attached hydrogen (secondary N) is 1. The molecule has 4 nitrogen and oxygen atoms in total. The Labute approximate surface area is 59.0 Å². The topological polar surface area (TPSA) is 64.4 Å². The van der Waals surface area contributed by atoms with Crippen molar-refractivity contribution in [1.82, 2.24) is 5.48 Å². The molecular formula is C6H10N2O2. The summed E-state index contributed by atoms with van der Waals surface area (Å²) in [6, 6.07) is 0. The Bertz CT molecular complexity index is 177. The molecule has 0 bridgehead atoms. The summed E-state index contributed by atoms with van der Waals surface area (Å²) in [6.07, 6.45) is 1.80. The standard InChI is InChI=1S/C6H10N2O2/c1-4(6(7)9)5-2-3-8-10-5/h2,4,8H,3H2,1H3,(H2,7,9). The van der Waals surface area contributed by atoms with Gasteiger partial charge in [-0.3, -0.25) is 4.79 Å². The Morgan fingerprint density at radius 2 is 2.70 bits per heavy atom. The second-order valence-electron chi connectivity index (χ2n) is 2.18. The number of carbonyl (C=O) groups is 1. The SMILES string of the molecule is CC(C(N)=O)C1=CCNO1. The Balaban J connectivity index is 2.55. The molecule has 4 heteroatoms. The van der Waals surface area contributed by atoms with Crippen LogP contribution in [0, 0.1) is 5.92 Å². The zero-order valence-corrected chi connectivity index (χ0v) is 5.76. The molecule has 56 valence electrons. The first-order valence-electron chi connectivity index (χ1n) is 3.11. The van der Waals surface area contributed by atoms with Gasteiger partial charge in [-0.1, -0.05) is 0 Å². The second-order valence-corrected chi connectivity index (χ2v) is 2.18. The Hall–Kier alpha value is -1.03. The van der Waals surface area contributed by atoms with E-state index in [-0.39, 0.29) is 11.8 Å². The van der Waals surface area contributed by atoms with Crippen molar-refractivity contribution in [2.45, 2.75) is 6.92 Å². The van der Waals surface area contributed by atoms with Crippen LogP contribution < -0.4 is 11.2 Å². The van der Waals surface area contributed by atoms with Gasteiger partial charge in [-0.05, 0) is 13.0 Å². The minimum absolute atomic E-state index is 0.324. The number of primary amides is 1. The highest BCUT2D eigenvalue weighted by Gasteiger charge is 2.18. The van der Waals surface area contributed by atoms with Crippen LogP contribution in [0.1, 0.15) is 6.92 Å². The molecule has 1 aliphatic heterocycles. The minimum Gasteiger partial charge on any atom is -0.412 e. The molecule has 0 radical (unpaired) electrons. The molecule has 0 saturated heterocycles. The van der Waals surface area contributed by atoms with Crippen molar-refractivity contribution >= 4 is 5.91 Å². The lowest BCUT2D eigenvalue weighted by Crippen LogP contribution is -2.23. The molecule has 1 atom stereocenters. The van der Waals surface area contributed by atoms with Crippen LogP contribution in [0.3, 0.4) is 0 Å². The van der Waals surface area contributed by atoms with Crippen LogP contribution in [0.2, 0.25) is 0 Å². The van der Waals surface area contributed by atoms with E-state index in [0.29, 0.717) is 12.3 Å². The van der Waals surface area contributed by atoms with Crippen LogP contribution >= 0.6 is 0 Å². The number of nitrogens with two attached hydrogens (primary N) is 1. The van der Waals surface area contributed by atoms with E-state index in [1.165, 1.54) is 0 Å². The predicted octanol–water partition coefficient (Wildman–Crippen LogP) is -0.474. The lowest BCUT2D eigenvalue weighted by Gasteiger charge is -2.06. The fourth-order valence-electron chi connectivity index (χ4n) is 0.714. The summed E-state index contributed by atoms with van der Waals surface area (Å²) in [5.74, 6) is -0.0718. The number of rotatable bonds is 2. The number of amides is 1. The van der Waals surface area contributed by atoms with Crippen molar-refractivity contribution in [3.05, 3.63) is 11.8 Å². The van der Waals surface area contributed by atoms with Gasteiger partial charge in [0.1, 0.15) is 5.76 Å². The molecule has 0 saturated carbocycles. The molecule has 10 heavy (non-hydrogen) atoms. The van der Waals surface area contributed by atoms with Gasteiger partial charge in [0.05, 0.1) is 12.5 Å². The van der Waals surface area contributed by atoms with Gasteiger partial charge in [0.2, 0.25) is 5.91 Å². The molecule has 0 aromatic carbocycles.